The zero-order valence-corrected chi connectivity index (χ0v) is 17.9. The molecule has 1 unspecified atom stereocenters. The molecule has 0 saturated carbocycles. The first-order valence-corrected chi connectivity index (χ1v) is 10.3. The van der Waals surface area contributed by atoms with Crippen LogP contribution >= 0.6 is 0 Å². The molecule has 7 nitrogen and oxygen atoms in total. The van der Waals surface area contributed by atoms with Crippen molar-refractivity contribution < 1.29 is 14.3 Å². The van der Waals surface area contributed by atoms with Gasteiger partial charge in [-0.25, -0.2) is 0 Å². The summed E-state index contributed by atoms with van der Waals surface area (Å²) in [5.41, 5.74) is 1.95. The van der Waals surface area contributed by atoms with E-state index in [-0.39, 0.29) is 18.6 Å². The predicted octanol–water partition coefficient (Wildman–Crippen LogP) is 2.74. The maximum atomic E-state index is 12.2. The average Bonchev–Trinajstić information content (AvgIpc) is 2.76. The summed E-state index contributed by atoms with van der Waals surface area (Å²) in [7, 11) is 1.74. The Morgan fingerprint density at radius 2 is 1.97 bits per heavy atom. The first-order chi connectivity index (χ1) is 14.6. The number of guanidine groups is 1. The van der Waals surface area contributed by atoms with Gasteiger partial charge in [-0.15, -0.1) is 0 Å². The van der Waals surface area contributed by atoms with E-state index in [1.807, 2.05) is 62.4 Å². The Hall–Kier alpha value is -3.22. The summed E-state index contributed by atoms with van der Waals surface area (Å²) in [6.07, 6.45) is 0.780. The average molecular weight is 411 g/mol. The molecule has 2 aromatic rings. The van der Waals surface area contributed by atoms with Crippen molar-refractivity contribution in [3.05, 3.63) is 54.1 Å². The summed E-state index contributed by atoms with van der Waals surface area (Å²) in [5.74, 6) is 2.35. The zero-order valence-electron chi connectivity index (χ0n) is 17.9. The van der Waals surface area contributed by atoms with E-state index >= 15 is 0 Å². The molecule has 0 aliphatic carbocycles. The number of benzene rings is 2. The molecule has 2 N–H and O–H groups in total. The van der Waals surface area contributed by atoms with Gasteiger partial charge in [-0.05, 0) is 44.0 Å². The molecule has 2 aromatic carbocycles. The second-order valence-corrected chi connectivity index (χ2v) is 7.23. The number of para-hydroxylation sites is 3. The zero-order chi connectivity index (χ0) is 21.3. The number of amides is 1. The minimum atomic E-state index is -0.0154. The van der Waals surface area contributed by atoms with Crippen molar-refractivity contribution >= 4 is 17.6 Å². The van der Waals surface area contributed by atoms with Crippen LogP contribution in [0.5, 0.6) is 11.5 Å². The third kappa shape index (κ3) is 5.65. The van der Waals surface area contributed by atoms with E-state index in [0.717, 1.165) is 29.2 Å². The summed E-state index contributed by atoms with van der Waals surface area (Å²) in [5, 5.41) is 6.58. The van der Waals surface area contributed by atoms with Gasteiger partial charge in [0, 0.05) is 20.1 Å². The van der Waals surface area contributed by atoms with Crippen molar-refractivity contribution in [1.29, 1.82) is 0 Å². The lowest BCUT2D eigenvalue weighted by atomic mass is 10.2. The molecule has 3 rings (SSSR count). The summed E-state index contributed by atoms with van der Waals surface area (Å²) in [6.45, 7) is 6.09. The summed E-state index contributed by atoms with van der Waals surface area (Å²) < 4.78 is 11.5. The molecule has 1 aliphatic rings. The molecular formula is C23H30N4O3. The van der Waals surface area contributed by atoms with Gasteiger partial charge in [0.15, 0.2) is 12.6 Å². The highest BCUT2D eigenvalue weighted by molar-refractivity contribution is 5.97. The lowest BCUT2D eigenvalue weighted by Gasteiger charge is -2.29. The van der Waals surface area contributed by atoms with Crippen LogP contribution in [0.25, 0.3) is 0 Å². The Balaban J connectivity index is 1.41. The number of hydrogen-bond acceptors (Lipinski definition) is 4. The number of ether oxygens (including phenoxy) is 2. The fourth-order valence-electron chi connectivity index (χ4n) is 3.25. The van der Waals surface area contributed by atoms with E-state index in [1.165, 1.54) is 0 Å². The van der Waals surface area contributed by atoms with Gasteiger partial charge in [0.05, 0.1) is 12.2 Å². The van der Waals surface area contributed by atoms with E-state index < -0.39 is 0 Å². The Labute approximate surface area is 178 Å². The SMILES string of the molecule is CN=C(NCCCN1C(=O)COc2ccccc21)NCC(C)Oc1ccccc1C. The highest BCUT2D eigenvalue weighted by Gasteiger charge is 2.24. The third-order valence-electron chi connectivity index (χ3n) is 4.86. The van der Waals surface area contributed by atoms with Gasteiger partial charge >= 0.3 is 0 Å². The molecule has 0 saturated heterocycles. The van der Waals surface area contributed by atoms with Gasteiger partial charge in [-0.3, -0.25) is 9.79 Å². The van der Waals surface area contributed by atoms with Crippen LogP contribution in [0.15, 0.2) is 53.5 Å². The van der Waals surface area contributed by atoms with Crippen LogP contribution in [-0.4, -0.2) is 51.3 Å². The molecule has 0 bridgehead atoms. The largest absolute Gasteiger partial charge is 0.489 e. The normalized spacial score (nSPS) is 14.6. The van der Waals surface area contributed by atoms with E-state index in [2.05, 4.69) is 15.6 Å². The van der Waals surface area contributed by atoms with Gasteiger partial charge in [0.1, 0.15) is 17.6 Å². The number of nitrogens with one attached hydrogen (secondary N) is 2. The van der Waals surface area contributed by atoms with Crippen molar-refractivity contribution in [2.75, 3.05) is 38.2 Å². The van der Waals surface area contributed by atoms with Crippen molar-refractivity contribution in [2.45, 2.75) is 26.4 Å². The minimum Gasteiger partial charge on any atom is -0.489 e. The number of rotatable bonds is 8. The molecule has 0 radical (unpaired) electrons. The second kappa shape index (κ2) is 10.5. The van der Waals surface area contributed by atoms with Crippen LogP contribution in [0, 0.1) is 6.92 Å². The Bertz CT molecular complexity index is 884. The number of carbonyl (C=O) groups excluding carboxylic acids is 1. The maximum absolute atomic E-state index is 12.2. The molecule has 1 heterocycles. The van der Waals surface area contributed by atoms with Crippen LogP contribution in [0.2, 0.25) is 0 Å². The molecular weight excluding hydrogens is 380 g/mol. The van der Waals surface area contributed by atoms with Crippen LogP contribution in [0.4, 0.5) is 5.69 Å². The smallest absolute Gasteiger partial charge is 0.265 e. The van der Waals surface area contributed by atoms with E-state index in [9.17, 15) is 4.79 Å². The number of carbonyl (C=O) groups is 1. The van der Waals surface area contributed by atoms with Crippen LogP contribution in [0.1, 0.15) is 18.9 Å². The molecule has 30 heavy (non-hydrogen) atoms. The Morgan fingerprint density at radius 3 is 2.77 bits per heavy atom. The predicted molar refractivity (Wildman–Crippen MR) is 120 cm³/mol. The van der Waals surface area contributed by atoms with Crippen LogP contribution in [0.3, 0.4) is 0 Å². The van der Waals surface area contributed by atoms with Gasteiger partial charge in [0.25, 0.3) is 5.91 Å². The van der Waals surface area contributed by atoms with Gasteiger partial charge in [-0.2, -0.15) is 0 Å². The highest BCUT2D eigenvalue weighted by Crippen LogP contribution is 2.31. The van der Waals surface area contributed by atoms with Crippen molar-refractivity contribution in [1.82, 2.24) is 10.6 Å². The molecule has 160 valence electrons. The maximum Gasteiger partial charge on any atom is 0.265 e. The fourth-order valence-corrected chi connectivity index (χ4v) is 3.25. The fraction of sp³-hybridized carbons (Fsp3) is 0.391. The van der Waals surface area contributed by atoms with Crippen molar-refractivity contribution in [2.24, 2.45) is 4.99 Å². The minimum absolute atomic E-state index is 0.00729. The quantitative estimate of drug-likeness (QED) is 0.398. The Kier molecular flexibility index (Phi) is 7.54. The van der Waals surface area contributed by atoms with E-state index in [1.54, 1.807) is 11.9 Å². The van der Waals surface area contributed by atoms with Gasteiger partial charge < -0.3 is 25.0 Å². The number of aryl methyl sites for hydroxylation is 1. The number of fused-ring (bicyclic) bond motifs is 1. The summed E-state index contributed by atoms with van der Waals surface area (Å²) >= 11 is 0. The number of aliphatic imine (C=N–C) groups is 1. The standard InChI is InChI=1S/C23H30N4O3/c1-17-9-4-6-11-20(17)30-18(2)15-26-23(24-3)25-13-8-14-27-19-10-5-7-12-21(19)29-16-22(27)28/h4-7,9-12,18H,8,13-16H2,1-3H3,(H2,24,25,26). The summed E-state index contributed by atoms with van der Waals surface area (Å²) in [4.78, 5) is 18.3. The first-order valence-electron chi connectivity index (χ1n) is 10.3. The molecule has 1 atom stereocenters. The molecule has 0 spiro atoms. The lowest BCUT2D eigenvalue weighted by Crippen LogP contribution is -2.43. The lowest BCUT2D eigenvalue weighted by molar-refractivity contribution is -0.121. The van der Waals surface area contributed by atoms with Gasteiger partial charge in [0.2, 0.25) is 0 Å². The molecule has 1 aliphatic heterocycles. The molecule has 0 aromatic heterocycles. The number of hydrogen-bond donors (Lipinski definition) is 2. The summed E-state index contributed by atoms with van der Waals surface area (Å²) in [6, 6.07) is 15.6. The number of nitrogens with zero attached hydrogens (tertiary/aromatic N) is 2. The number of anilines is 1. The van der Waals surface area contributed by atoms with Crippen LogP contribution in [-0.2, 0) is 4.79 Å². The first kappa shape index (κ1) is 21.5. The van der Waals surface area contributed by atoms with E-state index in [0.29, 0.717) is 25.6 Å². The van der Waals surface area contributed by atoms with E-state index in [4.69, 9.17) is 9.47 Å². The van der Waals surface area contributed by atoms with Crippen molar-refractivity contribution in [3.8, 4) is 11.5 Å². The second-order valence-electron chi connectivity index (χ2n) is 7.23. The highest BCUT2D eigenvalue weighted by atomic mass is 16.5. The molecule has 1 amide bonds. The van der Waals surface area contributed by atoms with Gasteiger partial charge in [-0.1, -0.05) is 30.3 Å². The molecule has 0 fully saturated rings. The molecule has 7 heteroatoms. The third-order valence-corrected chi connectivity index (χ3v) is 4.86. The Morgan fingerprint density at radius 1 is 1.20 bits per heavy atom. The monoisotopic (exact) mass is 410 g/mol. The topological polar surface area (TPSA) is 75.2 Å². The van der Waals surface area contributed by atoms with Crippen molar-refractivity contribution in [3.63, 3.8) is 0 Å². The van der Waals surface area contributed by atoms with Crippen LogP contribution < -0.4 is 25.0 Å².